The minimum Gasteiger partial charge on any atom is -0.491 e. The zero-order valence-electron chi connectivity index (χ0n) is 11.1. The monoisotopic (exact) mass is 238 g/mol. The summed E-state index contributed by atoms with van der Waals surface area (Å²) in [7, 11) is 0. The molecule has 0 radical (unpaired) electrons. The Morgan fingerprint density at radius 3 is 2.53 bits per heavy atom. The number of ether oxygens (including phenoxy) is 2. The van der Waals surface area contributed by atoms with Crippen LogP contribution in [0.3, 0.4) is 0 Å². The maximum absolute atomic E-state index is 9.67. The van der Waals surface area contributed by atoms with E-state index in [0.29, 0.717) is 6.61 Å². The number of rotatable bonds is 6. The van der Waals surface area contributed by atoms with Crippen LogP contribution in [-0.2, 0) is 4.74 Å². The van der Waals surface area contributed by atoms with Crippen molar-refractivity contribution in [1.82, 2.24) is 0 Å². The molecule has 0 heterocycles. The molecule has 17 heavy (non-hydrogen) atoms. The van der Waals surface area contributed by atoms with E-state index in [9.17, 15) is 5.11 Å². The van der Waals surface area contributed by atoms with E-state index >= 15 is 0 Å². The van der Waals surface area contributed by atoms with Crippen LogP contribution in [0.25, 0.3) is 0 Å². The zero-order chi connectivity index (χ0) is 12.8. The number of aryl methyl sites for hydroxylation is 1. The molecule has 0 aliphatic heterocycles. The van der Waals surface area contributed by atoms with Crippen molar-refractivity contribution >= 4 is 0 Å². The number of aliphatic hydroxyl groups is 1. The Labute approximate surface area is 103 Å². The summed E-state index contributed by atoms with van der Waals surface area (Å²) in [6, 6.07) is 5.91. The quantitative estimate of drug-likeness (QED) is 0.827. The van der Waals surface area contributed by atoms with Gasteiger partial charge in [0.25, 0.3) is 0 Å². The normalized spacial score (nSPS) is 12.8. The average molecular weight is 238 g/mol. The van der Waals surface area contributed by atoms with Crippen LogP contribution in [-0.4, -0.2) is 30.5 Å². The van der Waals surface area contributed by atoms with Crippen LogP contribution in [0.5, 0.6) is 5.75 Å². The minimum absolute atomic E-state index is 0.130. The van der Waals surface area contributed by atoms with E-state index in [1.807, 2.05) is 45.9 Å². The maximum Gasteiger partial charge on any atom is 0.122 e. The first-order valence-electron chi connectivity index (χ1n) is 5.99. The highest BCUT2D eigenvalue weighted by molar-refractivity contribution is 5.38. The average Bonchev–Trinajstić information content (AvgIpc) is 2.28. The summed E-state index contributed by atoms with van der Waals surface area (Å²) in [6.45, 7) is 8.51. The fourth-order valence-electron chi connectivity index (χ4n) is 1.42. The van der Waals surface area contributed by atoms with Gasteiger partial charge in [-0.15, -0.1) is 0 Å². The third-order valence-electron chi connectivity index (χ3n) is 2.61. The fraction of sp³-hybridized carbons (Fsp3) is 0.571. The van der Waals surface area contributed by atoms with Crippen molar-refractivity contribution in [2.75, 3.05) is 13.2 Å². The van der Waals surface area contributed by atoms with Crippen molar-refractivity contribution in [3.63, 3.8) is 0 Å². The number of benzene rings is 1. The van der Waals surface area contributed by atoms with Gasteiger partial charge in [-0.05, 0) is 44.9 Å². The molecule has 1 rings (SSSR count). The van der Waals surface area contributed by atoms with Crippen LogP contribution in [0.1, 0.15) is 25.0 Å². The third kappa shape index (κ3) is 4.75. The summed E-state index contributed by atoms with van der Waals surface area (Å²) in [4.78, 5) is 0. The summed E-state index contributed by atoms with van der Waals surface area (Å²) < 4.78 is 10.9. The topological polar surface area (TPSA) is 38.7 Å². The van der Waals surface area contributed by atoms with Gasteiger partial charge in [-0.25, -0.2) is 0 Å². The van der Waals surface area contributed by atoms with Crippen molar-refractivity contribution in [2.45, 2.75) is 39.9 Å². The lowest BCUT2D eigenvalue weighted by Crippen LogP contribution is -2.25. The van der Waals surface area contributed by atoms with Gasteiger partial charge in [-0.1, -0.05) is 12.1 Å². The molecule has 0 saturated carbocycles. The SMILES string of the molecule is Cc1cccc(OCC(O)COC(C)C)c1C. The fourth-order valence-corrected chi connectivity index (χ4v) is 1.42. The number of hydrogen-bond acceptors (Lipinski definition) is 3. The van der Waals surface area contributed by atoms with Gasteiger partial charge in [-0.2, -0.15) is 0 Å². The van der Waals surface area contributed by atoms with Gasteiger partial charge in [0.2, 0.25) is 0 Å². The Bertz CT molecular complexity index is 347. The van der Waals surface area contributed by atoms with Crippen LogP contribution in [0.4, 0.5) is 0 Å². The van der Waals surface area contributed by atoms with E-state index in [1.54, 1.807) is 0 Å². The van der Waals surface area contributed by atoms with Crippen molar-refractivity contribution in [2.24, 2.45) is 0 Å². The van der Waals surface area contributed by atoms with Gasteiger partial charge in [0.1, 0.15) is 18.5 Å². The molecule has 0 aromatic heterocycles. The highest BCUT2D eigenvalue weighted by Gasteiger charge is 2.08. The molecule has 1 aromatic carbocycles. The van der Waals surface area contributed by atoms with Crippen LogP contribution >= 0.6 is 0 Å². The van der Waals surface area contributed by atoms with E-state index in [2.05, 4.69) is 0 Å². The van der Waals surface area contributed by atoms with Gasteiger partial charge in [0.15, 0.2) is 0 Å². The van der Waals surface area contributed by atoms with Gasteiger partial charge in [0.05, 0.1) is 12.7 Å². The van der Waals surface area contributed by atoms with Gasteiger partial charge in [-0.3, -0.25) is 0 Å². The summed E-state index contributed by atoms with van der Waals surface area (Å²) in [5.41, 5.74) is 2.31. The van der Waals surface area contributed by atoms with Crippen LogP contribution in [0, 0.1) is 13.8 Å². The number of aliphatic hydroxyl groups excluding tert-OH is 1. The van der Waals surface area contributed by atoms with Crippen molar-refractivity contribution in [1.29, 1.82) is 0 Å². The predicted molar refractivity (Wildman–Crippen MR) is 68.5 cm³/mol. The van der Waals surface area contributed by atoms with E-state index in [-0.39, 0.29) is 12.7 Å². The molecule has 1 aromatic rings. The smallest absolute Gasteiger partial charge is 0.122 e. The summed E-state index contributed by atoms with van der Waals surface area (Å²) in [5.74, 6) is 0.827. The molecule has 0 aliphatic carbocycles. The Hall–Kier alpha value is -1.06. The second-order valence-corrected chi connectivity index (χ2v) is 4.54. The summed E-state index contributed by atoms with van der Waals surface area (Å²) >= 11 is 0. The minimum atomic E-state index is -0.586. The second kappa shape index (κ2) is 6.62. The molecule has 3 nitrogen and oxygen atoms in total. The first kappa shape index (κ1) is 14.0. The van der Waals surface area contributed by atoms with Crippen LogP contribution in [0.2, 0.25) is 0 Å². The van der Waals surface area contributed by atoms with Gasteiger partial charge in [0, 0.05) is 0 Å². The molecule has 0 spiro atoms. The van der Waals surface area contributed by atoms with Crippen molar-refractivity contribution in [3.8, 4) is 5.75 Å². The standard InChI is InChI=1S/C14H22O3/c1-10(2)16-8-13(15)9-17-14-7-5-6-11(3)12(14)4/h5-7,10,13,15H,8-9H2,1-4H3. The Morgan fingerprint density at radius 1 is 1.18 bits per heavy atom. The first-order valence-corrected chi connectivity index (χ1v) is 5.99. The lowest BCUT2D eigenvalue weighted by atomic mass is 10.1. The Kier molecular flexibility index (Phi) is 5.45. The molecule has 1 unspecified atom stereocenters. The molecule has 0 fully saturated rings. The molecule has 0 saturated heterocycles. The molecule has 3 heteroatoms. The molecule has 96 valence electrons. The molecular weight excluding hydrogens is 216 g/mol. The van der Waals surface area contributed by atoms with E-state index in [0.717, 1.165) is 11.3 Å². The van der Waals surface area contributed by atoms with E-state index < -0.39 is 6.10 Å². The van der Waals surface area contributed by atoms with Crippen molar-refractivity contribution in [3.05, 3.63) is 29.3 Å². The second-order valence-electron chi connectivity index (χ2n) is 4.54. The van der Waals surface area contributed by atoms with Crippen LogP contribution in [0.15, 0.2) is 18.2 Å². The summed E-state index contributed by atoms with van der Waals surface area (Å²) in [6.07, 6.45) is -0.456. The van der Waals surface area contributed by atoms with E-state index in [4.69, 9.17) is 9.47 Å². The highest BCUT2D eigenvalue weighted by atomic mass is 16.5. The third-order valence-corrected chi connectivity index (χ3v) is 2.61. The van der Waals surface area contributed by atoms with Gasteiger partial charge >= 0.3 is 0 Å². The first-order chi connectivity index (χ1) is 8.00. The molecular formula is C14H22O3. The Morgan fingerprint density at radius 2 is 1.88 bits per heavy atom. The molecule has 0 bridgehead atoms. The largest absolute Gasteiger partial charge is 0.491 e. The number of hydrogen-bond donors (Lipinski definition) is 1. The highest BCUT2D eigenvalue weighted by Crippen LogP contribution is 2.20. The lowest BCUT2D eigenvalue weighted by molar-refractivity contribution is -0.0123. The van der Waals surface area contributed by atoms with Crippen molar-refractivity contribution < 1.29 is 14.6 Å². The molecule has 1 N–H and O–H groups in total. The molecule has 0 aliphatic rings. The maximum atomic E-state index is 9.67. The van der Waals surface area contributed by atoms with E-state index in [1.165, 1.54) is 5.56 Å². The summed E-state index contributed by atoms with van der Waals surface area (Å²) in [5, 5.41) is 9.67. The Balaban J connectivity index is 2.42. The zero-order valence-corrected chi connectivity index (χ0v) is 11.1. The molecule has 1 atom stereocenters. The van der Waals surface area contributed by atoms with Crippen LogP contribution < -0.4 is 4.74 Å². The lowest BCUT2D eigenvalue weighted by Gasteiger charge is -2.16. The van der Waals surface area contributed by atoms with Gasteiger partial charge < -0.3 is 14.6 Å². The predicted octanol–water partition coefficient (Wildman–Crippen LogP) is 2.47. The molecule has 0 amide bonds.